The summed E-state index contributed by atoms with van der Waals surface area (Å²) in [4.78, 5) is 1.39. The van der Waals surface area contributed by atoms with Crippen LogP contribution < -0.4 is 5.32 Å². The summed E-state index contributed by atoms with van der Waals surface area (Å²) in [7, 11) is 0. The lowest BCUT2D eigenvalue weighted by atomic mass is 10.1. The predicted molar refractivity (Wildman–Crippen MR) is 55.2 cm³/mol. The van der Waals surface area contributed by atoms with Gasteiger partial charge in [0.2, 0.25) is 0 Å². The van der Waals surface area contributed by atoms with Crippen molar-refractivity contribution in [3.63, 3.8) is 0 Å². The Morgan fingerprint density at radius 2 is 2.00 bits per heavy atom. The summed E-state index contributed by atoms with van der Waals surface area (Å²) in [6, 6.07) is 0.0498. The van der Waals surface area contributed by atoms with Gasteiger partial charge in [0.25, 0.3) is 0 Å². The fourth-order valence-corrected chi connectivity index (χ4v) is 1.79. The molecule has 0 aliphatic carbocycles. The number of aliphatic hydroxyl groups is 1. The first-order valence-corrected chi connectivity index (χ1v) is 5.41. The van der Waals surface area contributed by atoms with Crippen LogP contribution in [0.25, 0.3) is 0 Å². The van der Waals surface area contributed by atoms with E-state index in [1.807, 2.05) is 0 Å². The number of alkyl halides is 3. The van der Waals surface area contributed by atoms with Crippen molar-refractivity contribution in [1.29, 1.82) is 0 Å². The Kier molecular flexibility index (Phi) is 4.20. The Labute approximate surface area is 93.6 Å². The molecule has 2 N–H and O–H groups in total. The summed E-state index contributed by atoms with van der Waals surface area (Å²) in [5.41, 5.74) is -0.822. The molecular weight excluding hydrogens is 221 g/mol. The zero-order valence-electron chi connectivity index (χ0n) is 9.64. The number of hydrogen-bond donors (Lipinski definition) is 2. The molecule has 1 fully saturated rings. The first-order chi connectivity index (χ1) is 7.16. The van der Waals surface area contributed by atoms with Gasteiger partial charge in [-0.25, -0.2) is 0 Å². The molecule has 0 radical (unpaired) electrons. The van der Waals surface area contributed by atoms with Crippen LogP contribution in [0.4, 0.5) is 13.2 Å². The third-order valence-electron chi connectivity index (χ3n) is 2.50. The zero-order valence-corrected chi connectivity index (χ0v) is 9.64. The molecule has 0 spiro atoms. The van der Waals surface area contributed by atoms with Crippen molar-refractivity contribution in [1.82, 2.24) is 10.2 Å². The maximum absolute atomic E-state index is 12.1. The van der Waals surface area contributed by atoms with E-state index in [2.05, 4.69) is 5.32 Å². The van der Waals surface area contributed by atoms with Gasteiger partial charge in [0.1, 0.15) is 0 Å². The third-order valence-corrected chi connectivity index (χ3v) is 2.50. The van der Waals surface area contributed by atoms with Crippen LogP contribution >= 0.6 is 0 Å². The largest absolute Gasteiger partial charge is 0.401 e. The Hall–Kier alpha value is -0.330. The average molecular weight is 240 g/mol. The van der Waals surface area contributed by atoms with Crippen molar-refractivity contribution in [2.75, 3.05) is 26.2 Å². The molecule has 1 unspecified atom stereocenters. The van der Waals surface area contributed by atoms with Gasteiger partial charge in [-0.3, -0.25) is 4.90 Å². The second-order valence-electron chi connectivity index (χ2n) is 5.03. The van der Waals surface area contributed by atoms with Crippen LogP contribution in [-0.2, 0) is 0 Å². The summed E-state index contributed by atoms with van der Waals surface area (Å²) >= 11 is 0. The molecule has 1 aliphatic heterocycles. The normalized spacial score (nSPS) is 24.0. The topological polar surface area (TPSA) is 35.5 Å². The Bertz CT molecular complexity index is 225. The highest BCUT2D eigenvalue weighted by molar-refractivity contribution is 4.84. The molecule has 16 heavy (non-hydrogen) atoms. The van der Waals surface area contributed by atoms with E-state index < -0.39 is 18.3 Å². The van der Waals surface area contributed by atoms with E-state index in [1.165, 1.54) is 4.90 Å². The van der Waals surface area contributed by atoms with Crippen molar-refractivity contribution in [2.45, 2.75) is 38.1 Å². The summed E-state index contributed by atoms with van der Waals surface area (Å²) < 4.78 is 36.3. The molecule has 0 aromatic carbocycles. The molecule has 1 saturated heterocycles. The number of rotatable bonds is 4. The quantitative estimate of drug-likeness (QED) is 0.769. The number of hydrogen-bond acceptors (Lipinski definition) is 3. The van der Waals surface area contributed by atoms with Crippen LogP contribution in [0.1, 0.15) is 20.3 Å². The first-order valence-electron chi connectivity index (χ1n) is 5.41. The molecule has 0 bridgehead atoms. The Balaban J connectivity index is 2.25. The molecule has 0 saturated carbocycles. The lowest BCUT2D eigenvalue weighted by Crippen LogP contribution is -2.42. The summed E-state index contributed by atoms with van der Waals surface area (Å²) in [6.45, 7) is 3.76. The minimum Gasteiger partial charge on any atom is -0.389 e. The fraction of sp³-hybridized carbons (Fsp3) is 1.00. The highest BCUT2D eigenvalue weighted by atomic mass is 19.4. The highest BCUT2D eigenvalue weighted by Crippen LogP contribution is 2.20. The van der Waals surface area contributed by atoms with Crippen LogP contribution in [0, 0.1) is 0 Å². The number of halogens is 3. The molecule has 1 atom stereocenters. The van der Waals surface area contributed by atoms with E-state index in [9.17, 15) is 18.3 Å². The van der Waals surface area contributed by atoms with Crippen molar-refractivity contribution in [3.8, 4) is 0 Å². The molecule has 0 aromatic rings. The molecule has 1 aliphatic rings. The van der Waals surface area contributed by atoms with E-state index in [0.717, 1.165) is 0 Å². The summed E-state index contributed by atoms with van der Waals surface area (Å²) in [5, 5.41) is 12.6. The van der Waals surface area contributed by atoms with Crippen molar-refractivity contribution < 1.29 is 18.3 Å². The van der Waals surface area contributed by atoms with Crippen LogP contribution in [0.3, 0.4) is 0 Å². The van der Waals surface area contributed by atoms with Gasteiger partial charge in [-0.2, -0.15) is 13.2 Å². The maximum Gasteiger partial charge on any atom is 0.401 e. The third kappa shape index (κ3) is 5.67. The zero-order chi connectivity index (χ0) is 12.4. The van der Waals surface area contributed by atoms with Crippen LogP contribution in [0.2, 0.25) is 0 Å². The van der Waals surface area contributed by atoms with Gasteiger partial charge in [-0.05, 0) is 20.3 Å². The number of likely N-dealkylation sites (tertiary alicyclic amines) is 1. The van der Waals surface area contributed by atoms with E-state index in [1.54, 1.807) is 13.8 Å². The van der Waals surface area contributed by atoms with Gasteiger partial charge in [0, 0.05) is 25.7 Å². The van der Waals surface area contributed by atoms with Gasteiger partial charge in [-0.1, -0.05) is 0 Å². The SMILES string of the molecule is CC(C)(O)CNC1CCN(CC(F)(F)F)C1. The molecule has 3 nitrogen and oxygen atoms in total. The average Bonchev–Trinajstić information content (AvgIpc) is 2.44. The Morgan fingerprint density at radius 1 is 1.38 bits per heavy atom. The fourth-order valence-electron chi connectivity index (χ4n) is 1.79. The van der Waals surface area contributed by atoms with Crippen molar-refractivity contribution in [3.05, 3.63) is 0 Å². The van der Waals surface area contributed by atoms with Crippen molar-refractivity contribution in [2.24, 2.45) is 0 Å². The van der Waals surface area contributed by atoms with E-state index >= 15 is 0 Å². The number of nitrogens with one attached hydrogen (secondary N) is 1. The molecule has 0 aromatic heterocycles. The molecule has 1 heterocycles. The van der Waals surface area contributed by atoms with Crippen LogP contribution in [0.15, 0.2) is 0 Å². The minimum atomic E-state index is -4.12. The first kappa shape index (κ1) is 13.7. The number of nitrogens with zero attached hydrogens (tertiary/aromatic N) is 1. The van der Waals surface area contributed by atoms with Gasteiger partial charge in [0.15, 0.2) is 0 Å². The smallest absolute Gasteiger partial charge is 0.389 e. The standard InChI is InChI=1S/C10H19F3N2O/c1-9(2,16)6-14-8-3-4-15(5-8)7-10(11,12)13/h8,14,16H,3-7H2,1-2H3. The molecule has 0 amide bonds. The lowest BCUT2D eigenvalue weighted by molar-refractivity contribution is -0.143. The van der Waals surface area contributed by atoms with Gasteiger partial charge < -0.3 is 10.4 Å². The molecular formula is C10H19F3N2O. The van der Waals surface area contributed by atoms with Crippen LogP contribution in [0.5, 0.6) is 0 Å². The van der Waals surface area contributed by atoms with Gasteiger partial charge >= 0.3 is 6.18 Å². The van der Waals surface area contributed by atoms with Crippen molar-refractivity contribution >= 4 is 0 Å². The highest BCUT2D eigenvalue weighted by Gasteiger charge is 2.34. The van der Waals surface area contributed by atoms with E-state index in [4.69, 9.17) is 0 Å². The molecule has 1 rings (SSSR count). The van der Waals surface area contributed by atoms with E-state index in [-0.39, 0.29) is 6.04 Å². The Morgan fingerprint density at radius 3 is 2.50 bits per heavy atom. The monoisotopic (exact) mass is 240 g/mol. The lowest BCUT2D eigenvalue weighted by Gasteiger charge is -2.22. The maximum atomic E-state index is 12.1. The predicted octanol–water partition coefficient (Wildman–Crippen LogP) is 0.983. The molecule has 6 heteroatoms. The summed E-state index contributed by atoms with van der Waals surface area (Å²) in [6.07, 6.45) is -3.42. The van der Waals surface area contributed by atoms with Gasteiger partial charge in [-0.15, -0.1) is 0 Å². The molecule has 96 valence electrons. The van der Waals surface area contributed by atoms with E-state index in [0.29, 0.717) is 26.1 Å². The van der Waals surface area contributed by atoms with Crippen LogP contribution in [-0.4, -0.2) is 54.0 Å². The minimum absolute atomic E-state index is 0.0498. The van der Waals surface area contributed by atoms with Gasteiger partial charge in [0.05, 0.1) is 12.1 Å². The second kappa shape index (κ2) is 4.89. The summed E-state index contributed by atoms with van der Waals surface area (Å²) in [5.74, 6) is 0. The second-order valence-corrected chi connectivity index (χ2v) is 5.03.